The summed E-state index contributed by atoms with van der Waals surface area (Å²) >= 11 is 0. The molecule has 0 saturated heterocycles. The zero-order valence-electron chi connectivity index (χ0n) is 15.8. The molecule has 2 atom stereocenters. The van der Waals surface area contributed by atoms with E-state index in [0.717, 1.165) is 0 Å². The van der Waals surface area contributed by atoms with Gasteiger partial charge in [0.15, 0.2) is 0 Å². The average Bonchev–Trinajstić information content (AvgIpc) is 3.47. The lowest BCUT2D eigenvalue weighted by Crippen LogP contribution is -2.16. The first-order valence-corrected chi connectivity index (χ1v) is 9.11. The highest BCUT2D eigenvalue weighted by atomic mass is 19.4. The fourth-order valence-corrected chi connectivity index (χ4v) is 3.50. The number of carbonyl (C=O) groups is 1. The Morgan fingerprint density at radius 1 is 1.30 bits per heavy atom. The largest absolute Gasteiger partial charge is 0.419 e. The zero-order valence-corrected chi connectivity index (χ0v) is 15.8. The third-order valence-corrected chi connectivity index (χ3v) is 5.22. The van der Waals surface area contributed by atoms with Crippen LogP contribution in [0.15, 0.2) is 36.8 Å². The summed E-state index contributed by atoms with van der Waals surface area (Å²) in [7, 11) is 0. The maximum Gasteiger partial charge on any atom is 0.419 e. The molecule has 1 aliphatic carbocycles. The molecule has 3 N–H and O–H groups in total. The van der Waals surface area contributed by atoms with E-state index >= 15 is 0 Å². The van der Waals surface area contributed by atoms with Crippen molar-refractivity contribution in [2.24, 2.45) is 11.8 Å². The Bertz CT molecular complexity index is 1220. The summed E-state index contributed by atoms with van der Waals surface area (Å²) in [4.78, 5) is 20.2. The number of pyridine rings is 2. The van der Waals surface area contributed by atoms with E-state index in [-0.39, 0.29) is 28.6 Å². The Balaban J connectivity index is 1.84. The molecule has 2 heterocycles. The van der Waals surface area contributed by atoms with Crippen molar-refractivity contribution < 1.29 is 18.0 Å². The van der Waals surface area contributed by atoms with Gasteiger partial charge >= 0.3 is 6.18 Å². The minimum Gasteiger partial charge on any atom is -0.398 e. The molecular weight excluding hydrogens is 395 g/mol. The number of hydrogen-bond acceptors (Lipinski definition) is 5. The van der Waals surface area contributed by atoms with Crippen LogP contribution in [0, 0.1) is 30.1 Å². The second-order valence-corrected chi connectivity index (χ2v) is 7.26. The van der Waals surface area contributed by atoms with Gasteiger partial charge in [-0.25, -0.2) is 4.98 Å². The lowest BCUT2D eigenvalue weighted by atomic mass is 9.92. The number of rotatable bonds is 3. The number of aryl methyl sites for hydroxylation is 1. The molecule has 0 spiro atoms. The Labute approximate surface area is 169 Å². The lowest BCUT2D eigenvalue weighted by Gasteiger charge is -2.19. The van der Waals surface area contributed by atoms with Gasteiger partial charge in [-0.3, -0.25) is 9.78 Å². The van der Waals surface area contributed by atoms with Crippen molar-refractivity contribution in [1.29, 1.82) is 5.26 Å². The average molecular weight is 411 g/mol. The molecular formula is C21H16F3N5O. The monoisotopic (exact) mass is 411 g/mol. The number of nitrogen functional groups attached to an aromatic ring is 1. The highest BCUT2D eigenvalue weighted by Crippen LogP contribution is 2.45. The van der Waals surface area contributed by atoms with E-state index in [9.17, 15) is 18.0 Å². The van der Waals surface area contributed by atoms with Gasteiger partial charge in [0.1, 0.15) is 5.82 Å². The third kappa shape index (κ3) is 3.41. The SMILES string of the molecule is Cc1ccncc1-c1cc2cc(NC(=O)[C@@H]3CC3C#N)ncc2c(N)c1C(F)(F)F. The summed E-state index contributed by atoms with van der Waals surface area (Å²) in [5.74, 6) is -0.852. The lowest BCUT2D eigenvalue weighted by molar-refractivity contribution is -0.136. The van der Waals surface area contributed by atoms with E-state index in [1.165, 1.54) is 30.7 Å². The van der Waals surface area contributed by atoms with E-state index in [2.05, 4.69) is 15.3 Å². The molecule has 1 fully saturated rings. The topological polar surface area (TPSA) is 105 Å². The Morgan fingerprint density at radius 3 is 2.70 bits per heavy atom. The molecule has 1 aromatic carbocycles. The number of nitrogens with two attached hydrogens (primary N) is 1. The Hall–Kier alpha value is -3.67. The molecule has 2 aromatic heterocycles. The molecule has 9 heteroatoms. The maximum atomic E-state index is 13.9. The highest BCUT2D eigenvalue weighted by molar-refractivity contribution is 6.02. The van der Waals surface area contributed by atoms with E-state index in [4.69, 9.17) is 11.0 Å². The molecule has 1 aliphatic rings. The molecule has 0 radical (unpaired) electrons. The van der Waals surface area contributed by atoms with Crippen LogP contribution in [-0.4, -0.2) is 15.9 Å². The summed E-state index contributed by atoms with van der Waals surface area (Å²) in [5, 5.41) is 12.0. The maximum absolute atomic E-state index is 13.9. The van der Waals surface area contributed by atoms with Crippen LogP contribution in [0.2, 0.25) is 0 Å². The zero-order chi connectivity index (χ0) is 21.6. The van der Waals surface area contributed by atoms with Gasteiger partial charge in [-0.15, -0.1) is 0 Å². The van der Waals surface area contributed by atoms with Crippen molar-refractivity contribution in [2.75, 3.05) is 11.1 Å². The molecule has 30 heavy (non-hydrogen) atoms. The van der Waals surface area contributed by atoms with E-state index in [1.807, 2.05) is 6.07 Å². The molecule has 6 nitrogen and oxygen atoms in total. The van der Waals surface area contributed by atoms with Crippen molar-refractivity contribution >= 4 is 28.2 Å². The first kappa shape index (κ1) is 19.6. The number of benzene rings is 1. The van der Waals surface area contributed by atoms with Crippen LogP contribution in [0.5, 0.6) is 0 Å². The van der Waals surface area contributed by atoms with Gasteiger partial charge in [-0.2, -0.15) is 18.4 Å². The van der Waals surface area contributed by atoms with Crippen LogP contribution >= 0.6 is 0 Å². The fraction of sp³-hybridized carbons (Fsp3) is 0.238. The Kier molecular flexibility index (Phi) is 4.57. The molecule has 1 saturated carbocycles. The number of amides is 1. The molecule has 0 aliphatic heterocycles. The minimum absolute atomic E-state index is 0.0895. The van der Waals surface area contributed by atoms with Crippen LogP contribution in [0.4, 0.5) is 24.7 Å². The summed E-state index contributed by atoms with van der Waals surface area (Å²) < 4.78 is 41.6. The fourth-order valence-electron chi connectivity index (χ4n) is 3.50. The molecule has 152 valence electrons. The number of fused-ring (bicyclic) bond motifs is 1. The summed E-state index contributed by atoms with van der Waals surface area (Å²) in [5.41, 5.74) is 5.40. The van der Waals surface area contributed by atoms with E-state index in [1.54, 1.807) is 13.0 Å². The molecule has 3 aromatic rings. The van der Waals surface area contributed by atoms with Crippen LogP contribution in [0.1, 0.15) is 17.5 Å². The van der Waals surface area contributed by atoms with Crippen molar-refractivity contribution in [2.45, 2.75) is 19.5 Å². The number of nitrogens with one attached hydrogen (secondary N) is 1. The number of nitrogens with zero attached hydrogens (tertiary/aromatic N) is 3. The molecule has 1 amide bonds. The van der Waals surface area contributed by atoms with Crippen molar-refractivity contribution in [3.05, 3.63) is 47.9 Å². The number of nitriles is 1. The van der Waals surface area contributed by atoms with Gasteiger partial charge in [0.25, 0.3) is 0 Å². The number of anilines is 2. The van der Waals surface area contributed by atoms with E-state index in [0.29, 0.717) is 22.9 Å². The van der Waals surface area contributed by atoms with Crippen LogP contribution in [-0.2, 0) is 11.0 Å². The van der Waals surface area contributed by atoms with Gasteiger partial charge < -0.3 is 11.1 Å². The quantitative estimate of drug-likeness (QED) is 0.625. The second-order valence-electron chi connectivity index (χ2n) is 7.26. The summed E-state index contributed by atoms with van der Waals surface area (Å²) in [6, 6.07) is 6.51. The van der Waals surface area contributed by atoms with Crippen LogP contribution in [0.25, 0.3) is 21.9 Å². The van der Waals surface area contributed by atoms with E-state index < -0.39 is 23.3 Å². The standard InChI is InChI=1S/C21H16F3N5O/c1-10-2-3-27-8-15(10)14-4-11-6-17(29-20(30)13-5-12(13)7-25)28-9-16(11)19(26)18(14)21(22,23)24/h2-4,6,8-9,12-13H,5,26H2,1H3,(H,28,29,30)/t12?,13-/m1/s1. The number of halogens is 3. The van der Waals surface area contributed by atoms with Crippen molar-refractivity contribution in [3.8, 4) is 17.2 Å². The van der Waals surface area contributed by atoms with Gasteiger partial charge in [0.2, 0.25) is 5.91 Å². The minimum atomic E-state index is -4.68. The van der Waals surface area contributed by atoms with Gasteiger partial charge in [0, 0.05) is 29.5 Å². The van der Waals surface area contributed by atoms with Gasteiger partial charge in [-0.1, -0.05) is 0 Å². The summed E-state index contributed by atoms with van der Waals surface area (Å²) in [6.45, 7) is 1.69. The number of hydrogen-bond donors (Lipinski definition) is 2. The number of aromatic nitrogens is 2. The van der Waals surface area contributed by atoms with Crippen LogP contribution in [0.3, 0.4) is 0 Å². The summed E-state index contributed by atoms with van der Waals surface area (Å²) in [6.07, 6.45) is -0.113. The Morgan fingerprint density at radius 2 is 2.07 bits per heavy atom. The van der Waals surface area contributed by atoms with Gasteiger partial charge in [0.05, 0.1) is 29.2 Å². The van der Waals surface area contributed by atoms with Gasteiger partial charge in [-0.05, 0) is 48.1 Å². The molecule has 1 unspecified atom stereocenters. The predicted octanol–water partition coefficient (Wildman–Crippen LogP) is 4.30. The normalized spacial score (nSPS) is 18.1. The second kappa shape index (κ2) is 6.99. The van der Waals surface area contributed by atoms with Crippen LogP contribution < -0.4 is 11.1 Å². The van der Waals surface area contributed by atoms with Crippen molar-refractivity contribution in [3.63, 3.8) is 0 Å². The number of alkyl halides is 3. The smallest absolute Gasteiger partial charge is 0.398 e. The van der Waals surface area contributed by atoms with Crippen molar-refractivity contribution in [1.82, 2.24) is 9.97 Å². The predicted molar refractivity (Wildman–Crippen MR) is 105 cm³/mol. The number of carbonyl (C=O) groups excluding carboxylic acids is 1. The molecule has 0 bridgehead atoms. The third-order valence-electron chi connectivity index (χ3n) is 5.22. The first-order chi connectivity index (χ1) is 14.2. The highest BCUT2D eigenvalue weighted by Gasteiger charge is 2.43. The first-order valence-electron chi connectivity index (χ1n) is 9.11. The molecule has 4 rings (SSSR count).